The second kappa shape index (κ2) is 9.97. The second-order valence-corrected chi connectivity index (χ2v) is 8.36. The molecular weight excluding hydrogens is 460 g/mol. The SMILES string of the molecule is O=C(NC(=S)N1CCN(c2ccc([N+](=O)[O-])cc2Cl)CC1)c1ccc(-c2ccccc2)cc1. The number of nitro groups is 1. The third-order valence-electron chi connectivity index (χ3n) is 5.52. The normalized spacial score (nSPS) is 13.5. The lowest BCUT2D eigenvalue weighted by Gasteiger charge is -2.37. The monoisotopic (exact) mass is 480 g/mol. The topological polar surface area (TPSA) is 78.7 Å². The number of halogens is 1. The molecule has 1 heterocycles. The lowest BCUT2D eigenvalue weighted by molar-refractivity contribution is -0.384. The molecule has 1 aliphatic rings. The van der Waals surface area contributed by atoms with Crippen LogP contribution in [0.4, 0.5) is 11.4 Å². The zero-order valence-electron chi connectivity index (χ0n) is 17.6. The molecule has 0 spiro atoms. The number of hydrogen-bond acceptors (Lipinski definition) is 5. The standard InChI is InChI=1S/C24H21ClN4O3S/c25-21-16-20(29(31)32)10-11-22(21)27-12-14-28(15-13-27)24(33)26-23(30)19-8-6-18(7-9-19)17-4-2-1-3-5-17/h1-11,16H,12-15H2,(H,26,30,33). The van der Waals surface area contributed by atoms with E-state index in [-0.39, 0.29) is 11.6 Å². The molecular formula is C24H21ClN4O3S. The Morgan fingerprint density at radius 2 is 1.58 bits per heavy atom. The van der Waals surface area contributed by atoms with Crippen molar-refractivity contribution in [3.63, 3.8) is 0 Å². The van der Waals surface area contributed by atoms with Gasteiger partial charge in [0.2, 0.25) is 0 Å². The highest BCUT2D eigenvalue weighted by Crippen LogP contribution is 2.30. The van der Waals surface area contributed by atoms with Crippen molar-refractivity contribution >= 4 is 46.2 Å². The number of nitro benzene ring substituents is 1. The Morgan fingerprint density at radius 1 is 0.939 bits per heavy atom. The average Bonchev–Trinajstić information content (AvgIpc) is 2.84. The first-order valence-corrected chi connectivity index (χ1v) is 11.2. The van der Waals surface area contributed by atoms with Crippen LogP contribution in [0.1, 0.15) is 10.4 Å². The van der Waals surface area contributed by atoms with E-state index in [4.69, 9.17) is 23.8 Å². The maximum absolute atomic E-state index is 12.7. The molecule has 0 unspecified atom stereocenters. The summed E-state index contributed by atoms with van der Waals surface area (Å²) >= 11 is 11.7. The van der Waals surface area contributed by atoms with Crippen molar-refractivity contribution in [2.24, 2.45) is 0 Å². The molecule has 0 atom stereocenters. The molecule has 1 aliphatic heterocycles. The minimum Gasteiger partial charge on any atom is -0.367 e. The summed E-state index contributed by atoms with van der Waals surface area (Å²) in [7, 11) is 0. The summed E-state index contributed by atoms with van der Waals surface area (Å²) in [6, 6.07) is 21.8. The summed E-state index contributed by atoms with van der Waals surface area (Å²) < 4.78 is 0. The Kier molecular flexibility index (Phi) is 6.86. The summed E-state index contributed by atoms with van der Waals surface area (Å²) in [6.45, 7) is 2.44. The van der Waals surface area contributed by atoms with E-state index in [2.05, 4.69) is 10.2 Å². The first-order valence-electron chi connectivity index (χ1n) is 10.4. The van der Waals surface area contributed by atoms with Gasteiger partial charge >= 0.3 is 0 Å². The first-order chi connectivity index (χ1) is 15.9. The Morgan fingerprint density at radius 3 is 2.18 bits per heavy atom. The van der Waals surface area contributed by atoms with Crippen molar-refractivity contribution in [2.45, 2.75) is 0 Å². The molecule has 1 saturated heterocycles. The van der Waals surface area contributed by atoms with Gasteiger partial charge in [0.25, 0.3) is 11.6 Å². The molecule has 3 aromatic rings. The maximum atomic E-state index is 12.7. The van der Waals surface area contributed by atoms with Gasteiger partial charge in [-0.2, -0.15) is 0 Å². The van der Waals surface area contributed by atoms with Crippen molar-refractivity contribution in [3.05, 3.63) is 93.5 Å². The summed E-state index contributed by atoms with van der Waals surface area (Å²) in [4.78, 5) is 27.1. The van der Waals surface area contributed by atoms with E-state index in [1.807, 2.05) is 47.4 Å². The number of carbonyl (C=O) groups excluding carboxylic acids is 1. The molecule has 0 aliphatic carbocycles. The van der Waals surface area contributed by atoms with Gasteiger partial charge in [0, 0.05) is 43.9 Å². The van der Waals surface area contributed by atoms with Crippen molar-refractivity contribution in [3.8, 4) is 11.1 Å². The Hall–Kier alpha value is -3.49. The summed E-state index contributed by atoms with van der Waals surface area (Å²) in [5.74, 6) is -0.250. The molecule has 1 fully saturated rings. The van der Waals surface area contributed by atoms with E-state index in [1.54, 1.807) is 18.2 Å². The summed E-state index contributed by atoms with van der Waals surface area (Å²) in [5.41, 5.74) is 3.37. The molecule has 0 bridgehead atoms. The predicted molar refractivity (Wildman–Crippen MR) is 134 cm³/mol. The third-order valence-corrected chi connectivity index (χ3v) is 6.19. The highest BCUT2D eigenvalue weighted by atomic mass is 35.5. The van der Waals surface area contributed by atoms with Crippen molar-refractivity contribution in [1.82, 2.24) is 10.2 Å². The minimum atomic E-state index is -0.468. The van der Waals surface area contributed by atoms with Crippen LogP contribution in [0.3, 0.4) is 0 Å². The molecule has 4 rings (SSSR count). The molecule has 168 valence electrons. The van der Waals surface area contributed by atoms with Crippen LogP contribution >= 0.6 is 23.8 Å². The fourth-order valence-corrected chi connectivity index (χ4v) is 4.28. The molecule has 1 N–H and O–H groups in total. The predicted octanol–water partition coefficient (Wildman–Crippen LogP) is 4.75. The van der Waals surface area contributed by atoms with E-state index < -0.39 is 4.92 Å². The largest absolute Gasteiger partial charge is 0.367 e. The van der Waals surface area contributed by atoms with Crippen LogP contribution in [0, 0.1) is 10.1 Å². The molecule has 3 aromatic carbocycles. The van der Waals surface area contributed by atoms with E-state index in [0.29, 0.717) is 41.9 Å². The highest BCUT2D eigenvalue weighted by molar-refractivity contribution is 7.80. The number of non-ortho nitro benzene ring substituents is 1. The average molecular weight is 481 g/mol. The number of nitrogens with one attached hydrogen (secondary N) is 1. The van der Waals surface area contributed by atoms with Crippen molar-refractivity contribution < 1.29 is 9.72 Å². The number of carbonyl (C=O) groups is 1. The third kappa shape index (κ3) is 5.30. The van der Waals surface area contributed by atoms with Crippen molar-refractivity contribution in [1.29, 1.82) is 0 Å². The van der Waals surface area contributed by atoms with Crippen LogP contribution < -0.4 is 10.2 Å². The van der Waals surface area contributed by atoms with Crippen LogP contribution in [0.2, 0.25) is 5.02 Å². The van der Waals surface area contributed by atoms with Gasteiger partial charge in [0.1, 0.15) is 0 Å². The van der Waals surface area contributed by atoms with E-state index in [0.717, 1.165) is 16.8 Å². The first kappa shape index (κ1) is 22.7. The van der Waals surface area contributed by atoms with Gasteiger partial charge in [0.05, 0.1) is 15.6 Å². The van der Waals surface area contributed by atoms with E-state index in [9.17, 15) is 14.9 Å². The molecule has 9 heteroatoms. The van der Waals surface area contributed by atoms with Gasteiger partial charge in [-0.3, -0.25) is 20.2 Å². The second-order valence-electron chi connectivity index (χ2n) is 7.57. The zero-order chi connectivity index (χ0) is 23.4. The van der Waals surface area contributed by atoms with Gasteiger partial charge in [-0.05, 0) is 41.5 Å². The van der Waals surface area contributed by atoms with Crippen molar-refractivity contribution in [2.75, 3.05) is 31.1 Å². The maximum Gasteiger partial charge on any atom is 0.271 e. The Bertz CT molecular complexity index is 1180. The fourth-order valence-electron chi connectivity index (χ4n) is 3.71. The number of hydrogen-bond donors (Lipinski definition) is 1. The number of anilines is 1. The van der Waals surface area contributed by atoms with Crippen LogP contribution in [0.25, 0.3) is 11.1 Å². The van der Waals surface area contributed by atoms with Crippen LogP contribution in [-0.2, 0) is 0 Å². The molecule has 33 heavy (non-hydrogen) atoms. The number of thiocarbonyl (C=S) groups is 1. The molecule has 0 saturated carbocycles. The quantitative estimate of drug-likeness (QED) is 0.330. The van der Waals surface area contributed by atoms with E-state index in [1.165, 1.54) is 12.1 Å². The summed E-state index contributed by atoms with van der Waals surface area (Å²) in [5, 5.41) is 14.4. The van der Waals surface area contributed by atoms with Gasteiger partial charge in [-0.15, -0.1) is 0 Å². The van der Waals surface area contributed by atoms with Gasteiger partial charge in [-0.25, -0.2) is 0 Å². The lowest BCUT2D eigenvalue weighted by atomic mass is 10.0. The number of nitrogens with zero attached hydrogens (tertiary/aromatic N) is 3. The van der Waals surface area contributed by atoms with Gasteiger partial charge < -0.3 is 9.80 Å². The smallest absolute Gasteiger partial charge is 0.271 e. The van der Waals surface area contributed by atoms with E-state index >= 15 is 0 Å². The van der Waals surface area contributed by atoms with Gasteiger partial charge in [-0.1, -0.05) is 54.1 Å². The lowest BCUT2D eigenvalue weighted by Crippen LogP contribution is -2.52. The molecule has 0 radical (unpaired) electrons. The molecule has 7 nitrogen and oxygen atoms in total. The van der Waals surface area contributed by atoms with Crippen LogP contribution in [0.5, 0.6) is 0 Å². The number of piperazine rings is 1. The fraction of sp³-hybridized carbons (Fsp3) is 0.167. The Labute approximate surface area is 201 Å². The molecule has 1 amide bonds. The molecule has 0 aromatic heterocycles. The summed E-state index contributed by atoms with van der Waals surface area (Å²) in [6.07, 6.45) is 0. The van der Waals surface area contributed by atoms with Crippen LogP contribution in [-0.4, -0.2) is 47.0 Å². The Balaban J connectivity index is 1.33. The van der Waals surface area contributed by atoms with Crippen LogP contribution in [0.15, 0.2) is 72.8 Å². The highest BCUT2D eigenvalue weighted by Gasteiger charge is 2.23. The zero-order valence-corrected chi connectivity index (χ0v) is 19.2. The van der Waals surface area contributed by atoms with Gasteiger partial charge in [0.15, 0.2) is 5.11 Å². The number of benzene rings is 3. The number of rotatable bonds is 4. The minimum absolute atomic E-state index is 0.0388. The number of amides is 1.